The predicted molar refractivity (Wildman–Crippen MR) is 104 cm³/mol. The van der Waals surface area contributed by atoms with Gasteiger partial charge in [0.1, 0.15) is 0 Å². The molecule has 2 aromatic carbocycles. The first-order chi connectivity index (χ1) is 12.6. The van der Waals surface area contributed by atoms with Gasteiger partial charge in [-0.2, -0.15) is 4.31 Å². The third kappa shape index (κ3) is 4.15. The van der Waals surface area contributed by atoms with Crippen LogP contribution in [0, 0.1) is 0 Å². The van der Waals surface area contributed by atoms with E-state index in [1.54, 1.807) is 12.1 Å². The van der Waals surface area contributed by atoms with Gasteiger partial charge in [0.05, 0.1) is 22.9 Å². The molecule has 27 heavy (non-hydrogen) atoms. The Hall–Kier alpha value is -1.97. The van der Waals surface area contributed by atoms with E-state index >= 15 is 0 Å². The topological polar surface area (TPSA) is 91.8 Å². The Morgan fingerprint density at radius 3 is 2.41 bits per heavy atom. The minimum Gasteiger partial charge on any atom is -0.341 e. The fraction of sp³-hybridized carbons (Fsp3) is 0.389. The highest BCUT2D eigenvalue weighted by molar-refractivity contribution is 7.91. The first-order valence-electron chi connectivity index (χ1n) is 8.51. The number of sulfone groups is 1. The lowest BCUT2D eigenvalue weighted by Gasteiger charge is -2.26. The predicted octanol–water partition coefficient (Wildman–Crippen LogP) is 1.11. The second-order valence-electron chi connectivity index (χ2n) is 6.83. The summed E-state index contributed by atoms with van der Waals surface area (Å²) in [5.41, 5.74) is 0. The lowest BCUT2D eigenvalue weighted by Crippen LogP contribution is -2.44. The van der Waals surface area contributed by atoms with Crippen LogP contribution in [0.5, 0.6) is 0 Å². The van der Waals surface area contributed by atoms with Gasteiger partial charge in [0.2, 0.25) is 15.9 Å². The fourth-order valence-electron chi connectivity index (χ4n) is 3.18. The molecule has 1 amide bonds. The molecule has 1 aliphatic rings. The van der Waals surface area contributed by atoms with E-state index in [9.17, 15) is 21.6 Å². The normalized spacial score (nSPS) is 19.4. The van der Waals surface area contributed by atoms with E-state index in [4.69, 9.17) is 0 Å². The zero-order chi connectivity index (χ0) is 19.8. The first-order valence-corrected chi connectivity index (χ1v) is 11.8. The Bertz CT molecular complexity index is 1080. The summed E-state index contributed by atoms with van der Waals surface area (Å²) in [4.78, 5) is 13.9. The van der Waals surface area contributed by atoms with Crippen molar-refractivity contribution in [3.8, 4) is 0 Å². The molecule has 3 rings (SSSR count). The Morgan fingerprint density at radius 1 is 1.11 bits per heavy atom. The summed E-state index contributed by atoms with van der Waals surface area (Å²) in [5.74, 6) is -0.444. The summed E-state index contributed by atoms with van der Waals surface area (Å²) >= 11 is 0. The number of fused-ring (bicyclic) bond motifs is 1. The number of likely N-dealkylation sites (N-methyl/N-ethyl adjacent to an activating group) is 2. The number of rotatable bonds is 5. The molecule has 1 heterocycles. The molecule has 1 atom stereocenters. The zero-order valence-electron chi connectivity index (χ0n) is 15.2. The molecule has 146 valence electrons. The monoisotopic (exact) mass is 410 g/mol. The summed E-state index contributed by atoms with van der Waals surface area (Å²) in [6, 6.07) is 11.9. The van der Waals surface area contributed by atoms with Crippen molar-refractivity contribution in [1.29, 1.82) is 0 Å². The molecule has 0 bridgehead atoms. The number of benzene rings is 2. The minimum atomic E-state index is -3.84. The SMILES string of the molecule is CN(C(=O)CN(C)S(=O)(=O)c1ccc2ccccc2c1)C1CCS(=O)(=O)C1. The van der Waals surface area contributed by atoms with Crippen molar-refractivity contribution in [2.45, 2.75) is 17.4 Å². The summed E-state index contributed by atoms with van der Waals surface area (Å²) in [6.45, 7) is -0.345. The van der Waals surface area contributed by atoms with Gasteiger partial charge in [-0.25, -0.2) is 16.8 Å². The largest absolute Gasteiger partial charge is 0.341 e. The molecule has 1 fully saturated rings. The van der Waals surface area contributed by atoms with Crippen LogP contribution in [0.15, 0.2) is 47.4 Å². The lowest BCUT2D eigenvalue weighted by atomic mass is 10.1. The van der Waals surface area contributed by atoms with Crippen molar-refractivity contribution in [3.63, 3.8) is 0 Å². The van der Waals surface area contributed by atoms with Gasteiger partial charge in [0.25, 0.3) is 0 Å². The van der Waals surface area contributed by atoms with Gasteiger partial charge in [-0.1, -0.05) is 30.3 Å². The first kappa shape index (κ1) is 19.8. The Labute approximate surface area is 159 Å². The van der Waals surface area contributed by atoms with Crippen LogP contribution in [0.3, 0.4) is 0 Å². The minimum absolute atomic E-state index is 0.0561. The molecule has 1 aliphatic heterocycles. The highest BCUT2D eigenvalue weighted by Crippen LogP contribution is 2.22. The number of sulfonamides is 1. The third-order valence-electron chi connectivity index (χ3n) is 4.94. The van der Waals surface area contributed by atoms with Crippen LogP contribution in [0.4, 0.5) is 0 Å². The van der Waals surface area contributed by atoms with Crippen molar-refractivity contribution in [3.05, 3.63) is 42.5 Å². The maximum Gasteiger partial charge on any atom is 0.243 e. The molecule has 2 aromatic rings. The van der Waals surface area contributed by atoms with Crippen molar-refractivity contribution in [1.82, 2.24) is 9.21 Å². The average Bonchev–Trinajstić information content (AvgIpc) is 3.00. The summed E-state index contributed by atoms with van der Waals surface area (Å²) in [7, 11) is -4.09. The molecular weight excluding hydrogens is 388 g/mol. The number of carbonyl (C=O) groups excluding carboxylic acids is 1. The molecule has 0 saturated carbocycles. The van der Waals surface area contributed by atoms with Gasteiger partial charge < -0.3 is 4.90 Å². The van der Waals surface area contributed by atoms with Gasteiger partial charge in [0, 0.05) is 20.1 Å². The highest BCUT2D eigenvalue weighted by Gasteiger charge is 2.34. The van der Waals surface area contributed by atoms with E-state index in [-0.39, 0.29) is 22.9 Å². The Kier molecular flexibility index (Phi) is 5.29. The molecule has 0 aromatic heterocycles. The van der Waals surface area contributed by atoms with Crippen LogP contribution in [0.25, 0.3) is 10.8 Å². The van der Waals surface area contributed by atoms with Crippen molar-refractivity contribution in [2.24, 2.45) is 0 Å². The van der Waals surface area contributed by atoms with E-state index in [1.807, 2.05) is 24.3 Å². The maximum atomic E-state index is 12.8. The van der Waals surface area contributed by atoms with E-state index < -0.39 is 31.8 Å². The van der Waals surface area contributed by atoms with Gasteiger partial charge in [-0.15, -0.1) is 0 Å². The van der Waals surface area contributed by atoms with E-state index in [0.717, 1.165) is 15.1 Å². The molecule has 0 aliphatic carbocycles. The van der Waals surface area contributed by atoms with Crippen molar-refractivity contribution in [2.75, 3.05) is 32.1 Å². The number of carbonyl (C=O) groups is 1. The van der Waals surface area contributed by atoms with Gasteiger partial charge in [-0.3, -0.25) is 4.79 Å². The van der Waals surface area contributed by atoms with Gasteiger partial charge >= 0.3 is 0 Å². The molecule has 0 radical (unpaired) electrons. The Morgan fingerprint density at radius 2 is 1.78 bits per heavy atom. The van der Waals surface area contributed by atoms with Crippen molar-refractivity contribution < 1.29 is 21.6 Å². The summed E-state index contributed by atoms with van der Waals surface area (Å²) < 4.78 is 49.8. The average molecular weight is 411 g/mol. The number of amides is 1. The quantitative estimate of drug-likeness (QED) is 0.736. The Balaban J connectivity index is 1.75. The number of nitrogens with zero attached hydrogens (tertiary/aromatic N) is 2. The van der Waals surface area contributed by atoms with Gasteiger partial charge in [0.15, 0.2) is 9.84 Å². The van der Waals surface area contributed by atoms with Crippen LogP contribution in [0.1, 0.15) is 6.42 Å². The van der Waals surface area contributed by atoms with E-state index in [0.29, 0.717) is 6.42 Å². The molecular formula is C18H22N2O5S2. The second-order valence-corrected chi connectivity index (χ2v) is 11.1. The lowest BCUT2D eigenvalue weighted by molar-refractivity contribution is -0.131. The van der Waals surface area contributed by atoms with E-state index in [2.05, 4.69) is 0 Å². The molecule has 9 heteroatoms. The third-order valence-corrected chi connectivity index (χ3v) is 8.49. The van der Waals surface area contributed by atoms with Crippen LogP contribution in [-0.2, 0) is 24.7 Å². The zero-order valence-corrected chi connectivity index (χ0v) is 16.8. The molecule has 0 N–H and O–H groups in total. The van der Waals surface area contributed by atoms with E-state index in [1.165, 1.54) is 25.1 Å². The maximum absolute atomic E-state index is 12.8. The van der Waals surface area contributed by atoms with Gasteiger partial charge in [-0.05, 0) is 29.3 Å². The van der Waals surface area contributed by atoms with Crippen LogP contribution in [-0.4, -0.2) is 70.1 Å². The second kappa shape index (κ2) is 7.21. The van der Waals surface area contributed by atoms with Crippen LogP contribution in [0.2, 0.25) is 0 Å². The molecule has 0 spiro atoms. The summed E-state index contributed by atoms with van der Waals surface area (Å²) in [5, 5.41) is 1.73. The molecule has 7 nitrogen and oxygen atoms in total. The highest BCUT2D eigenvalue weighted by atomic mass is 32.2. The smallest absolute Gasteiger partial charge is 0.243 e. The standard InChI is InChI=1S/C18H22N2O5S2/c1-19(12-18(21)20(2)16-9-10-26(22,23)13-16)27(24,25)17-8-7-14-5-3-4-6-15(14)11-17/h3-8,11,16H,9-10,12-13H2,1-2H3. The number of hydrogen-bond acceptors (Lipinski definition) is 5. The van der Waals surface area contributed by atoms with Crippen LogP contribution >= 0.6 is 0 Å². The fourth-order valence-corrected chi connectivity index (χ4v) is 6.11. The molecule has 1 saturated heterocycles. The number of hydrogen-bond donors (Lipinski definition) is 0. The van der Waals surface area contributed by atoms with Crippen LogP contribution < -0.4 is 0 Å². The summed E-state index contributed by atoms with van der Waals surface area (Å²) in [6.07, 6.45) is 0.381. The van der Waals surface area contributed by atoms with Crippen molar-refractivity contribution >= 4 is 36.5 Å². The molecule has 1 unspecified atom stereocenters.